The van der Waals surface area contributed by atoms with Crippen molar-refractivity contribution < 1.29 is 4.52 Å². The number of aromatic nitrogens is 3. The van der Waals surface area contributed by atoms with Crippen molar-refractivity contribution in [2.45, 2.75) is 46.1 Å². The maximum absolute atomic E-state index is 5.16. The van der Waals surface area contributed by atoms with E-state index in [9.17, 15) is 0 Å². The summed E-state index contributed by atoms with van der Waals surface area (Å²) in [6.07, 6.45) is 2.94. The van der Waals surface area contributed by atoms with Crippen molar-refractivity contribution in [3.05, 3.63) is 21.9 Å². The van der Waals surface area contributed by atoms with Crippen LogP contribution in [-0.2, 0) is 6.42 Å². The quantitative estimate of drug-likeness (QED) is 0.898. The van der Waals surface area contributed by atoms with Gasteiger partial charge in [0, 0.05) is 17.0 Å². The van der Waals surface area contributed by atoms with Crippen LogP contribution in [0, 0.1) is 0 Å². The van der Waals surface area contributed by atoms with Gasteiger partial charge in [0.05, 0.1) is 6.04 Å². The number of hydrogen-bond donors (Lipinski definition) is 1. The van der Waals surface area contributed by atoms with Crippen molar-refractivity contribution >= 4 is 17.4 Å². The van der Waals surface area contributed by atoms with Gasteiger partial charge in [-0.2, -0.15) is 4.98 Å². The maximum atomic E-state index is 5.16. The third-order valence-corrected chi connectivity index (χ3v) is 3.91. The first-order valence-electron chi connectivity index (χ1n) is 6.14. The molecule has 0 aliphatic rings. The van der Waals surface area contributed by atoms with Crippen molar-refractivity contribution in [3.8, 4) is 0 Å². The summed E-state index contributed by atoms with van der Waals surface area (Å²) in [4.78, 5) is 9.97. The fourth-order valence-electron chi connectivity index (χ4n) is 1.46. The van der Waals surface area contributed by atoms with Gasteiger partial charge < -0.3 is 9.84 Å². The first-order chi connectivity index (χ1) is 8.60. The topological polar surface area (TPSA) is 63.8 Å². The third-order valence-electron chi connectivity index (χ3n) is 2.59. The number of thiazole rings is 1. The number of nitrogens with zero attached hydrogens (tertiary/aromatic N) is 3. The molecule has 0 amide bonds. The lowest BCUT2D eigenvalue weighted by molar-refractivity contribution is 0.416. The van der Waals surface area contributed by atoms with Crippen molar-refractivity contribution in [1.29, 1.82) is 0 Å². The highest BCUT2D eigenvalue weighted by Crippen LogP contribution is 2.23. The number of nitrogens with one attached hydrogen (secondary N) is 1. The van der Waals surface area contributed by atoms with Crippen LogP contribution in [-0.4, -0.2) is 15.1 Å². The van der Waals surface area contributed by atoms with Gasteiger partial charge in [-0.05, 0) is 13.3 Å². The Morgan fingerprint density at radius 1 is 1.39 bits per heavy atom. The zero-order valence-corrected chi connectivity index (χ0v) is 11.9. The van der Waals surface area contributed by atoms with E-state index < -0.39 is 0 Å². The lowest BCUT2D eigenvalue weighted by Crippen LogP contribution is -2.06. The fourth-order valence-corrected chi connectivity index (χ4v) is 2.32. The standard InChI is InChI=1S/C12H18N4OS/c1-5-9-6-13-11(18-9)8(4)14-12-15-10(7(2)3)16-17-12/h6-8H,5H2,1-4H3,(H,14,15,16). The summed E-state index contributed by atoms with van der Waals surface area (Å²) in [5.41, 5.74) is 0. The van der Waals surface area contributed by atoms with Crippen LogP contribution >= 0.6 is 11.3 Å². The maximum Gasteiger partial charge on any atom is 0.322 e. The molecule has 0 saturated carbocycles. The summed E-state index contributed by atoms with van der Waals surface area (Å²) in [6, 6.07) is 0.537. The highest BCUT2D eigenvalue weighted by molar-refractivity contribution is 7.11. The van der Waals surface area contributed by atoms with Crippen LogP contribution in [0.25, 0.3) is 0 Å². The molecule has 6 heteroatoms. The summed E-state index contributed by atoms with van der Waals surface area (Å²) in [6.45, 7) is 8.23. The number of anilines is 1. The number of aryl methyl sites for hydroxylation is 1. The molecule has 0 aromatic carbocycles. The second-order valence-corrected chi connectivity index (χ2v) is 5.64. The first kappa shape index (κ1) is 13.0. The molecule has 0 spiro atoms. The van der Waals surface area contributed by atoms with Crippen LogP contribution in [0.15, 0.2) is 10.7 Å². The Hall–Kier alpha value is -1.43. The van der Waals surface area contributed by atoms with E-state index in [1.807, 2.05) is 27.0 Å². The van der Waals surface area contributed by atoms with E-state index >= 15 is 0 Å². The Morgan fingerprint density at radius 2 is 2.17 bits per heavy atom. The minimum absolute atomic E-state index is 0.0794. The molecular weight excluding hydrogens is 248 g/mol. The zero-order chi connectivity index (χ0) is 13.1. The summed E-state index contributed by atoms with van der Waals surface area (Å²) >= 11 is 1.71. The second kappa shape index (κ2) is 5.48. The summed E-state index contributed by atoms with van der Waals surface area (Å²) < 4.78 is 5.16. The van der Waals surface area contributed by atoms with Gasteiger partial charge in [-0.3, -0.25) is 0 Å². The SMILES string of the molecule is CCc1cnc(C(C)Nc2nc(C(C)C)no2)s1. The highest BCUT2D eigenvalue weighted by atomic mass is 32.1. The zero-order valence-electron chi connectivity index (χ0n) is 11.1. The third kappa shape index (κ3) is 2.87. The smallest absolute Gasteiger partial charge is 0.322 e. The van der Waals surface area contributed by atoms with Gasteiger partial charge in [-0.15, -0.1) is 11.3 Å². The largest absolute Gasteiger partial charge is 0.329 e. The van der Waals surface area contributed by atoms with E-state index in [2.05, 4.69) is 27.4 Å². The molecule has 0 fully saturated rings. The molecule has 0 bridgehead atoms. The van der Waals surface area contributed by atoms with Gasteiger partial charge in [0.15, 0.2) is 5.82 Å². The van der Waals surface area contributed by atoms with Crippen LogP contribution in [0.2, 0.25) is 0 Å². The van der Waals surface area contributed by atoms with E-state index in [0.29, 0.717) is 6.01 Å². The molecule has 0 saturated heterocycles. The predicted molar refractivity (Wildman–Crippen MR) is 71.9 cm³/mol. The molecule has 98 valence electrons. The molecule has 0 radical (unpaired) electrons. The van der Waals surface area contributed by atoms with E-state index in [4.69, 9.17) is 4.52 Å². The van der Waals surface area contributed by atoms with Gasteiger partial charge in [0.25, 0.3) is 0 Å². The highest BCUT2D eigenvalue weighted by Gasteiger charge is 2.15. The Kier molecular flexibility index (Phi) is 3.96. The molecule has 1 N–H and O–H groups in total. The van der Waals surface area contributed by atoms with Crippen LogP contribution < -0.4 is 5.32 Å². The molecule has 2 heterocycles. The van der Waals surface area contributed by atoms with Gasteiger partial charge in [0.2, 0.25) is 0 Å². The molecule has 2 aromatic heterocycles. The van der Waals surface area contributed by atoms with Gasteiger partial charge in [-0.1, -0.05) is 25.9 Å². The van der Waals surface area contributed by atoms with E-state index in [0.717, 1.165) is 17.3 Å². The predicted octanol–water partition coefficient (Wildman–Crippen LogP) is 3.39. The molecule has 0 aliphatic heterocycles. The molecule has 2 aromatic rings. The van der Waals surface area contributed by atoms with Crippen molar-refractivity contribution in [3.63, 3.8) is 0 Å². The van der Waals surface area contributed by atoms with E-state index in [-0.39, 0.29) is 12.0 Å². The van der Waals surface area contributed by atoms with Crippen molar-refractivity contribution in [2.24, 2.45) is 0 Å². The van der Waals surface area contributed by atoms with Crippen LogP contribution in [0.4, 0.5) is 6.01 Å². The van der Waals surface area contributed by atoms with Gasteiger partial charge in [-0.25, -0.2) is 4.98 Å². The fraction of sp³-hybridized carbons (Fsp3) is 0.583. The number of hydrogen-bond acceptors (Lipinski definition) is 6. The minimum Gasteiger partial charge on any atom is -0.329 e. The monoisotopic (exact) mass is 266 g/mol. The summed E-state index contributed by atoms with van der Waals surface area (Å²) in [5.74, 6) is 0.990. The van der Waals surface area contributed by atoms with Crippen molar-refractivity contribution in [2.75, 3.05) is 5.32 Å². The van der Waals surface area contributed by atoms with Gasteiger partial charge >= 0.3 is 6.01 Å². The molecule has 1 unspecified atom stereocenters. The minimum atomic E-state index is 0.0794. The average Bonchev–Trinajstić information content (AvgIpc) is 2.96. The Balaban J connectivity index is 2.03. The van der Waals surface area contributed by atoms with Gasteiger partial charge in [0.1, 0.15) is 5.01 Å². The Bertz CT molecular complexity index is 506. The first-order valence-corrected chi connectivity index (χ1v) is 6.96. The molecule has 18 heavy (non-hydrogen) atoms. The Labute approximate surface area is 111 Å². The second-order valence-electron chi connectivity index (χ2n) is 4.50. The van der Waals surface area contributed by atoms with Crippen LogP contribution in [0.1, 0.15) is 55.4 Å². The summed E-state index contributed by atoms with van der Waals surface area (Å²) in [7, 11) is 0. The molecule has 0 aliphatic carbocycles. The Morgan fingerprint density at radius 3 is 2.72 bits per heavy atom. The van der Waals surface area contributed by atoms with E-state index in [1.165, 1.54) is 4.88 Å². The van der Waals surface area contributed by atoms with Crippen LogP contribution in [0.5, 0.6) is 0 Å². The molecular formula is C12H18N4OS. The summed E-state index contributed by atoms with van der Waals surface area (Å²) in [5, 5.41) is 8.13. The lowest BCUT2D eigenvalue weighted by atomic mass is 10.2. The van der Waals surface area contributed by atoms with E-state index in [1.54, 1.807) is 11.3 Å². The average molecular weight is 266 g/mol. The normalized spacial score (nSPS) is 12.9. The van der Waals surface area contributed by atoms with Crippen molar-refractivity contribution in [1.82, 2.24) is 15.1 Å². The van der Waals surface area contributed by atoms with Crippen LogP contribution in [0.3, 0.4) is 0 Å². The molecule has 1 atom stereocenters. The molecule has 2 rings (SSSR count). The lowest BCUT2D eigenvalue weighted by Gasteiger charge is -2.07. The molecule has 5 nitrogen and oxygen atoms in total. The number of rotatable bonds is 5.